The average Bonchev–Trinajstić information content (AvgIpc) is 2.93. The normalized spacial score (nSPS) is 10.4. The van der Waals surface area contributed by atoms with E-state index in [0.717, 1.165) is 0 Å². The molecule has 0 bridgehead atoms. The van der Waals surface area contributed by atoms with Gasteiger partial charge in [-0.15, -0.1) is 5.23 Å². The molecule has 0 aliphatic carbocycles. The van der Waals surface area contributed by atoms with Crippen molar-refractivity contribution in [2.24, 2.45) is 0 Å². The number of aromatic nitrogens is 1. The lowest BCUT2D eigenvalue weighted by atomic mass is 10.1. The minimum absolute atomic E-state index is 0.0262. The SMILES string of the molecule is CCOC(=O)c1cc(-c2ccc(N([O-])[O-])cc2)c(N(O)O)[nH]1. The zero-order chi connectivity index (χ0) is 16.3. The Hall–Kier alpha value is -2.59. The number of carbonyl (C=O) groups is 1. The van der Waals surface area contributed by atoms with Gasteiger partial charge >= 0.3 is 5.97 Å². The van der Waals surface area contributed by atoms with E-state index in [1.807, 2.05) is 0 Å². The van der Waals surface area contributed by atoms with E-state index in [2.05, 4.69) is 4.98 Å². The van der Waals surface area contributed by atoms with E-state index in [-0.39, 0.29) is 34.6 Å². The quantitative estimate of drug-likeness (QED) is 0.565. The number of carbonyl (C=O) groups excluding carboxylic acids is 1. The van der Waals surface area contributed by atoms with Gasteiger partial charge in [-0.1, -0.05) is 12.1 Å². The van der Waals surface area contributed by atoms with Crippen LogP contribution in [0.15, 0.2) is 30.3 Å². The van der Waals surface area contributed by atoms with Gasteiger partial charge in [-0.2, -0.15) is 0 Å². The summed E-state index contributed by atoms with van der Waals surface area (Å²) in [5, 5.41) is 39.0. The Morgan fingerprint density at radius 3 is 2.41 bits per heavy atom. The molecule has 9 nitrogen and oxygen atoms in total. The zero-order valence-electron chi connectivity index (χ0n) is 11.5. The lowest BCUT2D eigenvalue weighted by Gasteiger charge is -2.37. The number of nitrogens with one attached hydrogen (secondary N) is 1. The van der Waals surface area contributed by atoms with Crippen LogP contribution in [0.5, 0.6) is 0 Å². The third-order valence-corrected chi connectivity index (χ3v) is 2.88. The van der Waals surface area contributed by atoms with Crippen LogP contribution < -0.4 is 10.5 Å². The van der Waals surface area contributed by atoms with Gasteiger partial charge in [0.25, 0.3) is 0 Å². The van der Waals surface area contributed by atoms with E-state index in [1.54, 1.807) is 6.92 Å². The van der Waals surface area contributed by atoms with E-state index in [9.17, 15) is 25.6 Å². The Morgan fingerprint density at radius 2 is 1.91 bits per heavy atom. The molecule has 0 saturated heterocycles. The predicted octanol–water partition coefficient (Wildman–Crippen LogP) is 2.25. The summed E-state index contributed by atoms with van der Waals surface area (Å²) in [6, 6.07) is 6.78. The minimum Gasteiger partial charge on any atom is -0.769 e. The average molecular weight is 307 g/mol. The number of ether oxygens (including phenoxy) is 1. The highest BCUT2D eigenvalue weighted by Gasteiger charge is 2.18. The third-order valence-electron chi connectivity index (χ3n) is 2.88. The molecule has 0 radical (unpaired) electrons. The lowest BCUT2D eigenvalue weighted by molar-refractivity contribution is 0.0272. The molecule has 22 heavy (non-hydrogen) atoms. The number of esters is 1. The van der Waals surface area contributed by atoms with Gasteiger partial charge in [0.05, 0.1) is 6.61 Å². The number of nitrogens with zero attached hydrogens (tertiary/aromatic N) is 2. The maximum Gasteiger partial charge on any atom is 0.354 e. The second kappa shape index (κ2) is 6.45. The van der Waals surface area contributed by atoms with E-state index in [0.29, 0.717) is 5.56 Å². The maximum absolute atomic E-state index is 11.7. The molecule has 2 aromatic rings. The van der Waals surface area contributed by atoms with E-state index < -0.39 is 11.2 Å². The first-order valence-electron chi connectivity index (χ1n) is 6.27. The van der Waals surface area contributed by atoms with Crippen LogP contribution in [0.4, 0.5) is 11.5 Å². The van der Waals surface area contributed by atoms with Gasteiger partial charge in [0, 0.05) is 11.3 Å². The van der Waals surface area contributed by atoms with Crippen LogP contribution in [0, 0.1) is 10.4 Å². The van der Waals surface area contributed by atoms with Crippen molar-refractivity contribution in [1.82, 2.24) is 4.98 Å². The van der Waals surface area contributed by atoms with E-state index in [4.69, 9.17) is 4.74 Å². The summed E-state index contributed by atoms with van der Waals surface area (Å²) in [6.07, 6.45) is 0. The fourth-order valence-corrected chi connectivity index (χ4v) is 1.90. The van der Waals surface area contributed by atoms with Crippen molar-refractivity contribution in [3.63, 3.8) is 0 Å². The van der Waals surface area contributed by atoms with Crippen LogP contribution in [0.25, 0.3) is 11.1 Å². The molecular weight excluding hydrogens is 294 g/mol. The molecule has 0 aliphatic rings. The summed E-state index contributed by atoms with van der Waals surface area (Å²) in [4.78, 5) is 14.2. The number of hydrogen-bond donors (Lipinski definition) is 3. The maximum atomic E-state index is 11.7. The van der Waals surface area contributed by atoms with Gasteiger partial charge < -0.3 is 25.4 Å². The molecule has 1 aromatic heterocycles. The molecule has 3 N–H and O–H groups in total. The smallest absolute Gasteiger partial charge is 0.354 e. The highest BCUT2D eigenvalue weighted by atomic mass is 16.8. The minimum atomic E-state index is -0.654. The first-order valence-corrected chi connectivity index (χ1v) is 6.27. The van der Waals surface area contributed by atoms with Crippen molar-refractivity contribution in [1.29, 1.82) is 0 Å². The Kier molecular flexibility index (Phi) is 4.63. The highest BCUT2D eigenvalue weighted by molar-refractivity contribution is 5.92. The summed E-state index contributed by atoms with van der Waals surface area (Å²) >= 11 is 0. The van der Waals surface area contributed by atoms with Crippen LogP contribution in [0.3, 0.4) is 0 Å². The molecule has 118 valence electrons. The van der Waals surface area contributed by atoms with E-state index >= 15 is 0 Å². The monoisotopic (exact) mass is 307 g/mol. The lowest BCUT2D eigenvalue weighted by Crippen LogP contribution is -2.13. The molecule has 2 rings (SSSR count). The third kappa shape index (κ3) is 3.18. The van der Waals surface area contributed by atoms with Crippen molar-refractivity contribution in [3.05, 3.63) is 46.4 Å². The molecule has 0 atom stereocenters. The summed E-state index contributed by atoms with van der Waals surface area (Å²) < 4.78 is 4.82. The molecule has 1 aromatic carbocycles. The largest absolute Gasteiger partial charge is 0.769 e. The number of H-pyrrole nitrogens is 1. The summed E-state index contributed by atoms with van der Waals surface area (Å²) in [7, 11) is 0. The van der Waals surface area contributed by atoms with E-state index in [1.165, 1.54) is 30.3 Å². The van der Waals surface area contributed by atoms with Crippen molar-refractivity contribution in [2.75, 3.05) is 17.1 Å². The molecular formula is C13H13N3O6-2. The predicted molar refractivity (Wildman–Crippen MR) is 77.5 cm³/mol. The first-order chi connectivity index (χ1) is 10.4. The second-order valence-electron chi connectivity index (χ2n) is 4.26. The standard InChI is InChI=1S/C13H13N3O6/c1-2-22-13(17)11-7-10(12(14-11)16(20)21)8-3-5-9(6-4-8)15(18)19/h3-7,14,20-21H,2H2,1H3/q-2. The van der Waals surface area contributed by atoms with Crippen molar-refractivity contribution in [2.45, 2.75) is 6.92 Å². The highest BCUT2D eigenvalue weighted by Crippen LogP contribution is 2.31. The van der Waals surface area contributed by atoms with Gasteiger partial charge in [0.1, 0.15) is 5.69 Å². The van der Waals surface area contributed by atoms with Crippen molar-refractivity contribution < 1.29 is 19.9 Å². The molecule has 0 aliphatic heterocycles. The first kappa shape index (κ1) is 15.8. The number of aromatic amines is 1. The molecule has 1 heterocycles. The Labute approximate surface area is 125 Å². The molecule has 0 amide bonds. The Morgan fingerprint density at radius 1 is 1.27 bits per heavy atom. The summed E-state index contributed by atoms with van der Waals surface area (Å²) in [5.41, 5.74) is 0.665. The Bertz CT molecular complexity index is 650. The van der Waals surface area contributed by atoms with Crippen LogP contribution >= 0.6 is 0 Å². The molecule has 0 fully saturated rings. The van der Waals surface area contributed by atoms with Gasteiger partial charge in [-0.3, -0.25) is 10.4 Å². The van der Waals surface area contributed by atoms with Gasteiger partial charge in [0.15, 0.2) is 5.82 Å². The van der Waals surface area contributed by atoms with Crippen LogP contribution in [-0.4, -0.2) is 28.0 Å². The number of hydrogen-bond acceptors (Lipinski definition) is 8. The molecule has 9 heteroatoms. The number of benzene rings is 1. The van der Waals surface area contributed by atoms with Crippen molar-refractivity contribution in [3.8, 4) is 11.1 Å². The topological polar surface area (TPSA) is 135 Å². The summed E-state index contributed by atoms with van der Waals surface area (Å²) in [6.45, 7) is 1.81. The number of rotatable bonds is 5. The zero-order valence-corrected chi connectivity index (χ0v) is 11.5. The van der Waals surface area contributed by atoms with Crippen LogP contribution in [0.2, 0.25) is 0 Å². The van der Waals surface area contributed by atoms with Crippen LogP contribution in [-0.2, 0) is 4.74 Å². The Balaban J connectivity index is 2.42. The van der Waals surface area contributed by atoms with Gasteiger partial charge in [0.2, 0.25) is 0 Å². The van der Waals surface area contributed by atoms with Crippen LogP contribution in [0.1, 0.15) is 17.4 Å². The summed E-state index contributed by atoms with van der Waals surface area (Å²) in [5.74, 6) is -0.810. The molecule has 0 unspecified atom stereocenters. The fraction of sp³-hybridized carbons (Fsp3) is 0.154. The van der Waals surface area contributed by atoms with Crippen molar-refractivity contribution >= 4 is 17.5 Å². The molecule has 0 saturated carbocycles. The second-order valence-corrected chi connectivity index (χ2v) is 4.26. The van der Waals surface area contributed by atoms with Gasteiger partial charge in [-0.05, 0) is 30.7 Å². The number of anilines is 2. The molecule has 0 spiro atoms. The van der Waals surface area contributed by atoms with Gasteiger partial charge in [-0.25, -0.2) is 4.79 Å². The fourth-order valence-electron chi connectivity index (χ4n) is 1.90.